The van der Waals surface area contributed by atoms with Crippen LogP contribution in [0, 0.1) is 5.92 Å². The smallest absolute Gasteiger partial charge is 0.179 e. The molecule has 1 atom stereocenters. The maximum absolute atomic E-state index is 12.0. The van der Waals surface area contributed by atoms with E-state index in [2.05, 4.69) is 13.8 Å². The minimum atomic E-state index is -1.09. The molecule has 0 radical (unpaired) electrons. The molecular weight excluding hydrogens is 248 g/mol. The van der Waals surface area contributed by atoms with E-state index in [1.807, 2.05) is 6.07 Å². The fourth-order valence-corrected chi connectivity index (χ4v) is 2.86. The standard InChI is InChI=1S/C14H20O3S/c1-11(2)8-9-18(16)10-13(15)12-6-4-5-7-14(12)17-3/h4-7,11H,8-10H2,1-3H3. The maximum Gasteiger partial charge on any atom is 0.179 e. The molecule has 100 valence electrons. The van der Waals surface area contributed by atoms with Gasteiger partial charge in [0.1, 0.15) is 5.75 Å². The average molecular weight is 268 g/mol. The number of ether oxygens (including phenoxy) is 1. The number of carbonyl (C=O) groups is 1. The largest absolute Gasteiger partial charge is 0.496 e. The Balaban J connectivity index is 2.62. The van der Waals surface area contributed by atoms with Crippen LogP contribution in [0.1, 0.15) is 30.6 Å². The van der Waals surface area contributed by atoms with E-state index in [-0.39, 0.29) is 11.5 Å². The van der Waals surface area contributed by atoms with Gasteiger partial charge in [-0.25, -0.2) is 0 Å². The van der Waals surface area contributed by atoms with Gasteiger partial charge in [-0.15, -0.1) is 0 Å². The van der Waals surface area contributed by atoms with Crippen LogP contribution in [0.25, 0.3) is 0 Å². The van der Waals surface area contributed by atoms with Gasteiger partial charge in [-0.2, -0.15) is 0 Å². The van der Waals surface area contributed by atoms with E-state index < -0.39 is 10.8 Å². The molecule has 0 amide bonds. The molecule has 0 fully saturated rings. The lowest BCUT2D eigenvalue weighted by Crippen LogP contribution is -2.15. The van der Waals surface area contributed by atoms with Gasteiger partial charge < -0.3 is 4.74 Å². The number of carbonyl (C=O) groups excluding carboxylic acids is 1. The first-order chi connectivity index (χ1) is 8.54. The molecule has 1 unspecified atom stereocenters. The third kappa shape index (κ3) is 4.61. The normalized spacial score (nSPS) is 12.4. The third-order valence-electron chi connectivity index (χ3n) is 2.62. The highest BCUT2D eigenvalue weighted by molar-refractivity contribution is 7.85. The van der Waals surface area contributed by atoms with Crippen LogP contribution in [0.5, 0.6) is 5.75 Å². The van der Waals surface area contributed by atoms with Gasteiger partial charge in [0.05, 0.1) is 18.4 Å². The molecule has 4 heteroatoms. The first-order valence-corrected chi connectivity index (χ1v) is 7.54. The average Bonchev–Trinajstić information content (AvgIpc) is 2.36. The van der Waals surface area contributed by atoms with Crippen molar-refractivity contribution in [1.29, 1.82) is 0 Å². The molecule has 0 saturated carbocycles. The van der Waals surface area contributed by atoms with Crippen molar-refractivity contribution in [3.8, 4) is 5.75 Å². The van der Waals surface area contributed by atoms with Gasteiger partial charge in [-0.05, 0) is 24.5 Å². The Hall–Kier alpha value is -1.16. The van der Waals surface area contributed by atoms with Gasteiger partial charge in [0.15, 0.2) is 5.78 Å². The van der Waals surface area contributed by atoms with Gasteiger partial charge in [0, 0.05) is 16.6 Å². The summed E-state index contributed by atoms with van der Waals surface area (Å²) in [6, 6.07) is 7.04. The molecule has 0 heterocycles. The second kappa shape index (κ2) is 7.31. The second-order valence-corrected chi connectivity index (χ2v) is 6.17. The first-order valence-electron chi connectivity index (χ1n) is 6.05. The molecule has 0 aliphatic heterocycles. The minimum Gasteiger partial charge on any atom is -0.496 e. The van der Waals surface area contributed by atoms with E-state index >= 15 is 0 Å². The van der Waals surface area contributed by atoms with Crippen LogP contribution < -0.4 is 4.74 Å². The molecule has 1 aromatic rings. The van der Waals surface area contributed by atoms with Crippen molar-refractivity contribution in [3.63, 3.8) is 0 Å². The molecule has 0 bridgehead atoms. The van der Waals surface area contributed by atoms with Crippen molar-refractivity contribution < 1.29 is 13.7 Å². The summed E-state index contributed by atoms with van der Waals surface area (Å²) in [5, 5.41) is 0. The highest BCUT2D eigenvalue weighted by Crippen LogP contribution is 2.18. The van der Waals surface area contributed by atoms with Crippen LogP contribution in [0.3, 0.4) is 0 Å². The second-order valence-electron chi connectivity index (χ2n) is 4.59. The summed E-state index contributed by atoms with van der Waals surface area (Å²) < 4.78 is 16.9. The topological polar surface area (TPSA) is 43.4 Å². The highest BCUT2D eigenvalue weighted by Gasteiger charge is 2.14. The Bertz CT molecular complexity index is 427. The summed E-state index contributed by atoms with van der Waals surface area (Å²) in [4.78, 5) is 12.0. The maximum atomic E-state index is 12.0. The van der Waals surface area contributed by atoms with E-state index in [0.29, 0.717) is 23.0 Å². The number of methoxy groups -OCH3 is 1. The van der Waals surface area contributed by atoms with Crippen molar-refractivity contribution in [2.45, 2.75) is 20.3 Å². The van der Waals surface area contributed by atoms with E-state index in [4.69, 9.17) is 4.74 Å². The summed E-state index contributed by atoms with van der Waals surface area (Å²) in [7, 11) is 0.443. The summed E-state index contributed by atoms with van der Waals surface area (Å²) in [5.41, 5.74) is 0.512. The van der Waals surface area contributed by atoms with Gasteiger partial charge in [0.25, 0.3) is 0 Å². The quantitative estimate of drug-likeness (QED) is 0.714. The molecule has 0 N–H and O–H groups in total. The van der Waals surface area contributed by atoms with Crippen LogP contribution in [0.4, 0.5) is 0 Å². The lowest BCUT2D eigenvalue weighted by Gasteiger charge is -2.07. The number of para-hydroxylation sites is 1. The number of hydrogen-bond donors (Lipinski definition) is 0. The Morgan fingerprint density at radius 1 is 1.33 bits per heavy atom. The van der Waals surface area contributed by atoms with Crippen molar-refractivity contribution in [3.05, 3.63) is 29.8 Å². The summed E-state index contributed by atoms with van der Waals surface area (Å²) in [6.45, 7) is 4.17. The zero-order valence-corrected chi connectivity index (χ0v) is 12.0. The van der Waals surface area contributed by atoms with Gasteiger partial charge in [0.2, 0.25) is 0 Å². The van der Waals surface area contributed by atoms with E-state index in [1.165, 1.54) is 7.11 Å². The Kier molecular flexibility index (Phi) is 6.05. The number of ketones is 1. The van der Waals surface area contributed by atoms with Gasteiger partial charge in [-0.3, -0.25) is 9.00 Å². The molecule has 0 aromatic heterocycles. The number of rotatable bonds is 7. The van der Waals surface area contributed by atoms with Crippen LogP contribution in [0.2, 0.25) is 0 Å². The Labute approximate surface area is 111 Å². The van der Waals surface area contributed by atoms with Crippen molar-refractivity contribution in [2.75, 3.05) is 18.6 Å². The molecule has 18 heavy (non-hydrogen) atoms. The number of hydrogen-bond acceptors (Lipinski definition) is 3. The van der Waals surface area contributed by atoms with E-state index in [1.54, 1.807) is 18.2 Å². The van der Waals surface area contributed by atoms with Crippen LogP contribution in [-0.2, 0) is 10.8 Å². The summed E-state index contributed by atoms with van der Waals surface area (Å²) in [5.74, 6) is 1.60. The zero-order valence-electron chi connectivity index (χ0n) is 11.1. The molecular formula is C14H20O3S. The van der Waals surface area contributed by atoms with Crippen LogP contribution >= 0.6 is 0 Å². The number of benzene rings is 1. The monoisotopic (exact) mass is 268 g/mol. The number of Topliss-reactive ketones (excluding diaryl/α,β-unsaturated/α-hetero) is 1. The summed E-state index contributed by atoms with van der Waals surface area (Å²) in [6.07, 6.45) is 0.881. The third-order valence-corrected chi connectivity index (χ3v) is 3.90. The zero-order chi connectivity index (χ0) is 13.5. The summed E-state index contributed by atoms with van der Waals surface area (Å²) >= 11 is 0. The fourth-order valence-electron chi connectivity index (χ4n) is 1.54. The molecule has 0 aliphatic carbocycles. The minimum absolute atomic E-state index is 0.0765. The molecule has 0 aliphatic rings. The SMILES string of the molecule is COc1ccccc1C(=O)CS(=O)CCC(C)C. The Morgan fingerprint density at radius 3 is 2.61 bits per heavy atom. The fraction of sp³-hybridized carbons (Fsp3) is 0.500. The molecule has 0 spiro atoms. The molecule has 0 saturated heterocycles. The molecule has 1 rings (SSSR count). The van der Waals surface area contributed by atoms with Crippen molar-refractivity contribution >= 4 is 16.6 Å². The van der Waals surface area contributed by atoms with Crippen LogP contribution in [0.15, 0.2) is 24.3 Å². The van der Waals surface area contributed by atoms with Gasteiger partial charge >= 0.3 is 0 Å². The predicted molar refractivity (Wildman–Crippen MR) is 74.7 cm³/mol. The van der Waals surface area contributed by atoms with Crippen LogP contribution in [-0.4, -0.2) is 28.6 Å². The highest BCUT2D eigenvalue weighted by atomic mass is 32.2. The Morgan fingerprint density at radius 2 is 2.00 bits per heavy atom. The first kappa shape index (κ1) is 14.9. The van der Waals surface area contributed by atoms with E-state index in [9.17, 15) is 9.00 Å². The molecule has 3 nitrogen and oxygen atoms in total. The predicted octanol–water partition coefficient (Wildman–Crippen LogP) is 2.67. The molecule has 1 aromatic carbocycles. The lowest BCUT2D eigenvalue weighted by molar-refractivity contribution is 0.101. The lowest BCUT2D eigenvalue weighted by atomic mass is 10.1. The van der Waals surface area contributed by atoms with Gasteiger partial charge in [-0.1, -0.05) is 26.0 Å². The van der Waals surface area contributed by atoms with Crippen molar-refractivity contribution in [1.82, 2.24) is 0 Å². The van der Waals surface area contributed by atoms with E-state index in [0.717, 1.165) is 6.42 Å². The van der Waals surface area contributed by atoms with Crippen molar-refractivity contribution in [2.24, 2.45) is 5.92 Å².